The summed E-state index contributed by atoms with van der Waals surface area (Å²) in [6.07, 6.45) is 1.32. The van der Waals surface area contributed by atoms with E-state index >= 15 is 0 Å². The van der Waals surface area contributed by atoms with E-state index in [1.165, 1.54) is 42.5 Å². The lowest BCUT2D eigenvalue weighted by atomic mass is 9.83. The second-order valence-electron chi connectivity index (χ2n) is 6.72. The van der Waals surface area contributed by atoms with E-state index in [9.17, 15) is 23.6 Å². The largest absolute Gasteiger partial charge is 0.384 e. The molecule has 1 aliphatic rings. The number of hydrogen-bond donors (Lipinski definition) is 2. The minimum absolute atomic E-state index is 0.0301. The molecule has 0 spiro atoms. The smallest absolute Gasteiger partial charge is 0.274 e. The molecule has 0 unspecified atom stereocenters. The van der Waals surface area contributed by atoms with Gasteiger partial charge in [0.2, 0.25) is 5.91 Å². The van der Waals surface area contributed by atoms with Gasteiger partial charge in [0.1, 0.15) is 22.1 Å². The van der Waals surface area contributed by atoms with Gasteiger partial charge in [-0.05, 0) is 18.2 Å². The first-order valence-electron chi connectivity index (χ1n) is 9.01. The molecule has 0 radical (unpaired) electrons. The van der Waals surface area contributed by atoms with Gasteiger partial charge in [0.15, 0.2) is 0 Å². The lowest BCUT2D eigenvalue weighted by molar-refractivity contribution is -0.113. The molecule has 1 aliphatic heterocycles. The minimum Gasteiger partial charge on any atom is -0.384 e. The van der Waals surface area contributed by atoms with Crippen LogP contribution in [0.4, 0.5) is 8.78 Å². The molecule has 0 bridgehead atoms. The van der Waals surface area contributed by atoms with Crippen molar-refractivity contribution in [3.8, 4) is 6.07 Å². The fourth-order valence-electron chi connectivity index (χ4n) is 3.54. The summed E-state index contributed by atoms with van der Waals surface area (Å²) in [5, 5.41) is 9.73. The summed E-state index contributed by atoms with van der Waals surface area (Å²) in [6, 6.07) is 13.4. The molecule has 9 heteroatoms. The Bertz CT molecular complexity index is 1490. The molecule has 0 saturated heterocycles. The zero-order valence-electron chi connectivity index (χ0n) is 15.8. The first-order chi connectivity index (χ1) is 14.8. The highest BCUT2D eigenvalue weighted by Gasteiger charge is 2.35. The Kier molecular flexibility index (Phi) is 5.01. The number of fused-ring (bicyclic) bond motifs is 1. The molecule has 2 aromatic carbocycles. The molecular formula is C22H14F2N4O2S. The first-order valence-corrected chi connectivity index (χ1v) is 9.83. The van der Waals surface area contributed by atoms with E-state index in [0.717, 1.165) is 15.9 Å². The molecule has 3 aromatic rings. The number of thiazole rings is 1. The number of nitrogens with two attached hydrogens (primary N) is 2. The summed E-state index contributed by atoms with van der Waals surface area (Å²) >= 11 is 0.867. The van der Waals surface area contributed by atoms with Gasteiger partial charge >= 0.3 is 0 Å². The number of carbonyl (C=O) groups is 1. The molecule has 0 aliphatic carbocycles. The number of nitriles is 1. The molecular weight excluding hydrogens is 422 g/mol. The number of primary amides is 1. The summed E-state index contributed by atoms with van der Waals surface area (Å²) < 4.78 is 29.8. The number of benzene rings is 2. The zero-order valence-corrected chi connectivity index (χ0v) is 16.6. The van der Waals surface area contributed by atoms with Gasteiger partial charge in [-0.1, -0.05) is 36.4 Å². The molecule has 154 valence electrons. The molecule has 0 saturated carbocycles. The van der Waals surface area contributed by atoms with Crippen molar-refractivity contribution in [1.29, 1.82) is 5.26 Å². The fourth-order valence-corrected chi connectivity index (χ4v) is 4.71. The van der Waals surface area contributed by atoms with Crippen molar-refractivity contribution >= 4 is 34.7 Å². The predicted octanol–water partition coefficient (Wildman–Crippen LogP) is 1.10. The average molecular weight is 436 g/mol. The van der Waals surface area contributed by atoms with Gasteiger partial charge in [-0.3, -0.25) is 14.2 Å². The Labute approximate surface area is 178 Å². The standard InChI is InChI=1S/C22H14F2N4O2S/c23-14-7-3-1-5-11(14)9-16-21(30)28-19(26)13(10-25)17(12-6-2-4-8-15(12)24)18(20(27)29)22(28)31-16/h1-9,17H,26H2,(H2,27,29)/b16-9+/t17-/m0/s1. The van der Waals surface area contributed by atoms with E-state index in [1.807, 2.05) is 6.07 Å². The number of rotatable bonds is 3. The van der Waals surface area contributed by atoms with Crippen LogP contribution < -0.4 is 26.2 Å². The van der Waals surface area contributed by atoms with E-state index in [2.05, 4.69) is 0 Å². The molecule has 1 atom stereocenters. The van der Waals surface area contributed by atoms with Crippen LogP contribution in [0.25, 0.3) is 17.5 Å². The van der Waals surface area contributed by atoms with Crippen LogP contribution in [0.5, 0.6) is 0 Å². The van der Waals surface area contributed by atoms with Gasteiger partial charge in [-0.2, -0.15) is 5.26 Å². The van der Waals surface area contributed by atoms with Gasteiger partial charge < -0.3 is 11.5 Å². The normalized spacial score (nSPS) is 16.2. The summed E-state index contributed by atoms with van der Waals surface area (Å²) in [6.45, 7) is 0. The van der Waals surface area contributed by atoms with Crippen molar-refractivity contribution in [2.75, 3.05) is 0 Å². The molecule has 1 aromatic heterocycles. The molecule has 31 heavy (non-hydrogen) atoms. The Hall–Kier alpha value is -4.03. The highest BCUT2D eigenvalue weighted by atomic mass is 32.1. The van der Waals surface area contributed by atoms with Crippen LogP contribution in [0.15, 0.2) is 58.9 Å². The van der Waals surface area contributed by atoms with Crippen molar-refractivity contribution < 1.29 is 13.6 Å². The second kappa shape index (κ2) is 7.66. The van der Waals surface area contributed by atoms with Crippen molar-refractivity contribution in [2.45, 2.75) is 5.92 Å². The molecule has 4 N–H and O–H groups in total. The summed E-state index contributed by atoms with van der Waals surface area (Å²) in [5.74, 6) is -3.53. The van der Waals surface area contributed by atoms with Gasteiger partial charge in [-0.25, -0.2) is 8.78 Å². The van der Waals surface area contributed by atoms with Crippen molar-refractivity contribution in [2.24, 2.45) is 11.5 Å². The van der Waals surface area contributed by atoms with Crippen molar-refractivity contribution in [3.63, 3.8) is 0 Å². The summed E-state index contributed by atoms with van der Waals surface area (Å²) in [4.78, 5) is 25.5. The first kappa shape index (κ1) is 20.3. The Morgan fingerprint density at radius 2 is 1.77 bits per heavy atom. The van der Waals surface area contributed by atoms with Crippen LogP contribution in [0.2, 0.25) is 0 Å². The number of hydrogen-bond acceptors (Lipinski definition) is 5. The second-order valence-corrected chi connectivity index (χ2v) is 7.75. The van der Waals surface area contributed by atoms with Crippen molar-refractivity contribution in [1.82, 2.24) is 4.57 Å². The Morgan fingerprint density at radius 1 is 1.13 bits per heavy atom. The lowest BCUT2D eigenvalue weighted by Crippen LogP contribution is -2.41. The monoisotopic (exact) mass is 436 g/mol. The van der Waals surface area contributed by atoms with Gasteiger partial charge in [0.25, 0.3) is 5.56 Å². The third-order valence-corrected chi connectivity index (χ3v) is 6.05. The topological polar surface area (TPSA) is 115 Å². The highest BCUT2D eigenvalue weighted by Crippen LogP contribution is 2.36. The van der Waals surface area contributed by atoms with Crippen LogP contribution in [-0.2, 0) is 4.79 Å². The minimum atomic E-state index is -1.18. The molecule has 2 heterocycles. The number of nitrogens with zero attached hydrogens (tertiary/aromatic N) is 2. The van der Waals surface area contributed by atoms with E-state index in [-0.39, 0.29) is 37.3 Å². The average Bonchev–Trinajstić information content (AvgIpc) is 3.05. The maximum atomic E-state index is 14.6. The molecule has 4 rings (SSSR count). The van der Waals surface area contributed by atoms with Crippen molar-refractivity contribution in [3.05, 3.63) is 96.4 Å². The fraction of sp³-hybridized carbons (Fsp3) is 0.0455. The van der Waals surface area contributed by atoms with Gasteiger partial charge in [0.05, 0.1) is 27.7 Å². The lowest BCUT2D eigenvalue weighted by Gasteiger charge is -2.24. The third-order valence-electron chi connectivity index (χ3n) is 4.94. The summed E-state index contributed by atoms with van der Waals surface area (Å²) in [7, 11) is 0. The van der Waals surface area contributed by atoms with E-state index in [1.54, 1.807) is 12.1 Å². The Morgan fingerprint density at radius 3 is 2.39 bits per heavy atom. The van der Waals surface area contributed by atoms with Crippen LogP contribution in [0.3, 0.4) is 0 Å². The van der Waals surface area contributed by atoms with Crippen LogP contribution in [-0.4, -0.2) is 10.5 Å². The van der Waals surface area contributed by atoms with E-state index in [4.69, 9.17) is 11.5 Å². The maximum Gasteiger partial charge on any atom is 0.274 e. The predicted molar refractivity (Wildman–Crippen MR) is 113 cm³/mol. The maximum absolute atomic E-state index is 14.6. The molecule has 1 amide bonds. The zero-order chi connectivity index (χ0) is 22.3. The molecule has 0 fully saturated rings. The summed E-state index contributed by atoms with van der Waals surface area (Å²) in [5.41, 5.74) is 11.0. The van der Waals surface area contributed by atoms with Crippen LogP contribution >= 0.6 is 11.3 Å². The number of allylic oxidation sites excluding steroid dienone is 1. The quantitative estimate of drug-likeness (QED) is 0.640. The Balaban J connectivity index is 2.13. The number of aromatic nitrogens is 1. The third kappa shape index (κ3) is 3.23. The number of amides is 1. The number of halogens is 2. The van der Waals surface area contributed by atoms with E-state index in [0.29, 0.717) is 0 Å². The van der Waals surface area contributed by atoms with Crippen LogP contribution in [0, 0.1) is 23.0 Å². The SMILES string of the molecule is N#CC1=C(N)n2c(s/c(=C/c3ccccc3F)c2=O)=C(C(N)=O)[C@H]1c1ccccc1F. The van der Waals surface area contributed by atoms with Gasteiger partial charge in [-0.15, -0.1) is 11.3 Å². The van der Waals surface area contributed by atoms with Gasteiger partial charge in [0, 0.05) is 11.1 Å². The van der Waals surface area contributed by atoms with Crippen LogP contribution in [0.1, 0.15) is 17.0 Å². The van der Waals surface area contributed by atoms with E-state index < -0.39 is 29.0 Å². The highest BCUT2D eigenvalue weighted by molar-refractivity contribution is 7.07. The number of carbonyl (C=O) groups excluding carboxylic acids is 1. The molecule has 6 nitrogen and oxygen atoms in total.